The second-order valence-corrected chi connectivity index (χ2v) is 6.65. The molecule has 0 unspecified atom stereocenters. The van der Waals surface area contributed by atoms with E-state index in [0.717, 1.165) is 37.8 Å². The van der Waals surface area contributed by atoms with Crippen molar-refractivity contribution in [2.24, 2.45) is 11.8 Å². The zero-order valence-electron chi connectivity index (χ0n) is 13.1. The van der Waals surface area contributed by atoms with E-state index in [1.165, 1.54) is 38.5 Å². The molecule has 1 heterocycles. The first-order valence-corrected chi connectivity index (χ1v) is 8.13. The second-order valence-electron chi connectivity index (χ2n) is 6.65. The third-order valence-corrected chi connectivity index (χ3v) is 5.15. The Bertz CT molecular complexity index is 284. The van der Waals surface area contributed by atoms with Gasteiger partial charge in [-0.25, -0.2) is 0 Å². The van der Waals surface area contributed by atoms with Crippen LogP contribution in [0.2, 0.25) is 0 Å². The molecule has 2 rings (SSSR count). The number of halogens is 1. The minimum Gasteiger partial charge on any atom is -0.343 e. The van der Waals surface area contributed by atoms with Crippen LogP contribution in [0.1, 0.15) is 58.3 Å². The smallest absolute Gasteiger partial charge is 0.222 e. The van der Waals surface area contributed by atoms with Gasteiger partial charge in [-0.3, -0.25) is 4.79 Å². The number of hydrogen-bond donors (Lipinski definition) is 1. The van der Waals surface area contributed by atoms with Gasteiger partial charge >= 0.3 is 0 Å². The number of nitrogens with zero attached hydrogens (tertiary/aromatic N) is 1. The lowest BCUT2D eigenvalue weighted by Crippen LogP contribution is -2.39. The van der Waals surface area contributed by atoms with Gasteiger partial charge in [0.25, 0.3) is 0 Å². The molecule has 1 aliphatic carbocycles. The van der Waals surface area contributed by atoms with Crippen LogP contribution in [0.15, 0.2) is 0 Å². The topological polar surface area (TPSA) is 32.3 Å². The van der Waals surface area contributed by atoms with Gasteiger partial charge in [0.05, 0.1) is 0 Å². The molecule has 0 aromatic rings. The Kier molecular flexibility index (Phi) is 7.90. The Labute approximate surface area is 130 Å². The molecule has 0 spiro atoms. The fourth-order valence-corrected chi connectivity index (χ4v) is 3.51. The molecule has 118 valence electrons. The van der Waals surface area contributed by atoms with Crippen LogP contribution in [-0.2, 0) is 4.79 Å². The number of carbonyl (C=O) groups is 1. The molecule has 20 heavy (non-hydrogen) atoms. The van der Waals surface area contributed by atoms with Crippen molar-refractivity contribution < 1.29 is 4.79 Å². The molecule has 4 heteroatoms. The molecule has 2 fully saturated rings. The van der Waals surface area contributed by atoms with Gasteiger partial charge in [-0.1, -0.05) is 6.92 Å². The van der Waals surface area contributed by atoms with E-state index in [2.05, 4.69) is 12.2 Å². The summed E-state index contributed by atoms with van der Waals surface area (Å²) < 4.78 is 0. The van der Waals surface area contributed by atoms with Gasteiger partial charge in [0.2, 0.25) is 5.91 Å². The van der Waals surface area contributed by atoms with Gasteiger partial charge in [0.15, 0.2) is 0 Å². The number of rotatable bonds is 4. The monoisotopic (exact) mass is 302 g/mol. The largest absolute Gasteiger partial charge is 0.343 e. The molecule has 1 N–H and O–H groups in total. The summed E-state index contributed by atoms with van der Waals surface area (Å²) in [7, 11) is 2.02. The molecule has 0 radical (unpaired) electrons. The Hall–Kier alpha value is -0.280. The highest BCUT2D eigenvalue weighted by Gasteiger charge is 2.25. The van der Waals surface area contributed by atoms with Gasteiger partial charge in [0.1, 0.15) is 0 Å². The van der Waals surface area contributed by atoms with Crippen molar-refractivity contribution in [2.45, 2.75) is 64.3 Å². The van der Waals surface area contributed by atoms with E-state index in [1.807, 2.05) is 11.9 Å². The summed E-state index contributed by atoms with van der Waals surface area (Å²) in [6.07, 6.45) is 9.33. The second kappa shape index (κ2) is 8.89. The third kappa shape index (κ3) is 5.25. The fraction of sp³-hybridized carbons (Fsp3) is 0.938. The number of hydrogen-bond acceptors (Lipinski definition) is 2. The normalized spacial score (nSPS) is 27.7. The zero-order valence-corrected chi connectivity index (χ0v) is 13.9. The lowest BCUT2D eigenvalue weighted by Gasteiger charge is -2.34. The minimum absolute atomic E-state index is 0. The lowest BCUT2D eigenvalue weighted by atomic mass is 9.86. The first kappa shape index (κ1) is 17.8. The Morgan fingerprint density at radius 2 is 1.70 bits per heavy atom. The molecule has 3 nitrogen and oxygen atoms in total. The maximum absolute atomic E-state index is 12.3. The van der Waals surface area contributed by atoms with E-state index in [-0.39, 0.29) is 12.4 Å². The predicted octanol–water partition coefficient (Wildman–Crippen LogP) is 3.23. The molecular weight excluding hydrogens is 272 g/mol. The highest BCUT2D eigenvalue weighted by atomic mass is 35.5. The van der Waals surface area contributed by atoms with Gasteiger partial charge in [-0.2, -0.15) is 0 Å². The molecule has 0 atom stereocenters. The van der Waals surface area contributed by atoms with Crippen molar-refractivity contribution in [3.05, 3.63) is 0 Å². The molecule has 2 aliphatic rings. The van der Waals surface area contributed by atoms with Gasteiger partial charge in [-0.15, -0.1) is 12.4 Å². The van der Waals surface area contributed by atoms with Crippen LogP contribution in [0.25, 0.3) is 0 Å². The zero-order chi connectivity index (χ0) is 13.7. The molecular formula is C16H31ClN2O. The minimum atomic E-state index is 0. The van der Waals surface area contributed by atoms with Crippen molar-refractivity contribution >= 4 is 18.3 Å². The summed E-state index contributed by atoms with van der Waals surface area (Å²) in [5.74, 6) is 2.00. The first-order chi connectivity index (χ1) is 9.16. The number of amides is 1. The SMILES string of the molecule is CC1CCC(N(C)C(=O)CCC2CCNCC2)CC1.Cl. The molecule has 1 amide bonds. The van der Waals surface area contributed by atoms with E-state index in [9.17, 15) is 4.79 Å². The maximum Gasteiger partial charge on any atom is 0.222 e. The highest BCUT2D eigenvalue weighted by Crippen LogP contribution is 2.27. The molecule has 0 bridgehead atoms. The summed E-state index contributed by atoms with van der Waals surface area (Å²) in [6.45, 7) is 4.60. The number of piperidine rings is 1. The van der Waals surface area contributed by atoms with Crippen molar-refractivity contribution in [3.8, 4) is 0 Å². The van der Waals surface area contributed by atoms with Crippen LogP contribution in [0.3, 0.4) is 0 Å². The van der Waals surface area contributed by atoms with Gasteiger partial charge < -0.3 is 10.2 Å². The van der Waals surface area contributed by atoms with Crippen LogP contribution < -0.4 is 5.32 Å². The van der Waals surface area contributed by atoms with E-state index in [4.69, 9.17) is 0 Å². The first-order valence-electron chi connectivity index (χ1n) is 8.13. The van der Waals surface area contributed by atoms with E-state index in [1.54, 1.807) is 0 Å². The van der Waals surface area contributed by atoms with Crippen LogP contribution >= 0.6 is 12.4 Å². The predicted molar refractivity (Wildman–Crippen MR) is 86.3 cm³/mol. The van der Waals surface area contributed by atoms with Crippen LogP contribution in [0.5, 0.6) is 0 Å². The van der Waals surface area contributed by atoms with Crippen LogP contribution in [0.4, 0.5) is 0 Å². The van der Waals surface area contributed by atoms with Crippen LogP contribution in [0, 0.1) is 11.8 Å². The lowest BCUT2D eigenvalue weighted by molar-refractivity contribution is -0.133. The fourth-order valence-electron chi connectivity index (χ4n) is 3.51. The Morgan fingerprint density at radius 3 is 2.30 bits per heavy atom. The van der Waals surface area contributed by atoms with Crippen molar-refractivity contribution in [1.29, 1.82) is 0 Å². The summed E-state index contributed by atoms with van der Waals surface area (Å²) >= 11 is 0. The van der Waals surface area contributed by atoms with E-state index in [0.29, 0.717) is 11.9 Å². The molecule has 1 saturated carbocycles. The summed E-state index contributed by atoms with van der Waals surface area (Å²) in [4.78, 5) is 14.3. The summed E-state index contributed by atoms with van der Waals surface area (Å²) in [6, 6.07) is 0.511. The average molecular weight is 303 g/mol. The van der Waals surface area contributed by atoms with Crippen molar-refractivity contribution in [3.63, 3.8) is 0 Å². The number of carbonyl (C=O) groups excluding carboxylic acids is 1. The molecule has 1 aliphatic heterocycles. The Morgan fingerprint density at radius 1 is 1.10 bits per heavy atom. The maximum atomic E-state index is 12.3. The molecule has 0 aromatic heterocycles. The van der Waals surface area contributed by atoms with Gasteiger partial charge in [0, 0.05) is 19.5 Å². The highest BCUT2D eigenvalue weighted by molar-refractivity contribution is 5.85. The average Bonchev–Trinajstić information content (AvgIpc) is 2.46. The summed E-state index contributed by atoms with van der Waals surface area (Å²) in [5.41, 5.74) is 0. The van der Waals surface area contributed by atoms with Crippen molar-refractivity contribution in [1.82, 2.24) is 10.2 Å². The third-order valence-electron chi connectivity index (χ3n) is 5.15. The van der Waals surface area contributed by atoms with E-state index >= 15 is 0 Å². The molecule has 0 aromatic carbocycles. The Balaban J connectivity index is 0.00000200. The van der Waals surface area contributed by atoms with Crippen molar-refractivity contribution in [2.75, 3.05) is 20.1 Å². The van der Waals surface area contributed by atoms with E-state index < -0.39 is 0 Å². The summed E-state index contributed by atoms with van der Waals surface area (Å²) in [5, 5.41) is 3.39. The number of nitrogens with one attached hydrogen (secondary N) is 1. The quantitative estimate of drug-likeness (QED) is 0.865. The van der Waals surface area contributed by atoms with Gasteiger partial charge in [-0.05, 0) is 69.9 Å². The standard InChI is InChI=1S/C16H30N2O.ClH/c1-13-3-6-15(7-4-13)18(2)16(19)8-5-14-9-11-17-12-10-14;/h13-15,17H,3-12H2,1-2H3;1H. The molecule has 1 saturated heterocycles. The van der Waals surface area contributed by atoms with Crippen LogP contribution in [-0.4, -0.2) is 37.0 Å².